The Labute approximate surface area is 116 Å². The quantitative estimate of drug-likeness (QED) is 0.834. The van der Waals surface area contributed by atoms with Crippen LogP contribution in [0.15, 0.2) is 35.3 Å². The van der Waals surface area contributed by atoms with Crippen molar-refractivity contribution >= 4 is 15.9 Å². The van der Waals surface area contributed by atoms with Crippen LogP contribution in [-0.4, -0.2) is 21.3 Å². The van der Waals surface area contributed by atoms with Gasteiger partial charge in [-0.1, -0.05) is 35.0 Å². The minimum absolute atomic E-state index is 0.739. The van der Waals surface area contributed by atoms with Crippen molar-refractivity contribution in [3.63, 3.8) is 0 Å². The molecule has 0 unspecified atom stereocenters. The summed E-state index contributed by atoms with van der Waals surface area (Å²) in [5, 5.41) is 7.50. The minimum atomic E-state index is 0.739. The molecule has 0 bridgehead atoms. The van der Waals surface area contributed by atoms with Gasteiger partial charge in [-0.25, -0.2) is 9.67 Å². The van der Waals surface area contributed by atoms with E-state index in [2.05, 4.69) is 56.5 Å². The van der Waals surface area contributed by atoms with Crippen molar-refractivity contribution < 1.29 is 0 Å². The molecule has 0 aliphatic heterocycles. The summed E-state index contributed by atoms with van der Waals surface area (Å²) >= 11 is 3.61. The normalized spacial score (nSPS) is 10.8. The summed E-state index contributed by atoms with van der Waals surface area (Å²) in [6.07, 6.45) is 4.44. The molecule has 1 aromatic heterocycles. The highest BCUT2D eigenvalue weighted by Gasteiger charge is 2.03. The molecule has 4 nitrogen and oxygen atoms in total. The van der Waals surface area contributed by atoms with Crippen molar-refractivity contribution in [3.05, 3.63) is 46.5 Å². The van der Waals surface area contributed by atoms with Crippen LogP contribution in [-0.2, 0) is 13.1 Å². The lowest BCUT2D eigenvalue weighted by molar-refractivity contribution is 0.670. The predicted octanol–water partition coefficient (Wildman–Crippen LogP) is 2.59. The van der Waals surface area contributed by atoms with Crippen LogP contribution in [0, 0.1) is 0 Å². The molecule has 5 heteroatoms. The molecule has 0 saturated carbocycles. The van der Waals surface area contributed by atoms with Gasteiger partial charge in [0.15, 0.2) is 0 Å². The average Bonchev–Trinajstić information content (AvgIpc) is 2.86. The summed E-state index contributed by atoms with van der Waals surface area (Å²) in [6.45, 7) is 4.88. The number of nitrogens with zero attached hydrogens (tertiary/aromatic N) is 3. The van der Waals surface area contributed by atoms with E-state index in [9.17, 15) is 0 Å². The van der Waals surface area contributed by atoms with E-state index in [-0.39, 0.29) is 0 Å². The van der Waals surface area contributed by atoms with E-state index in [1.165, 1.54) is 11.1 Å². The first-order chi connectivity index (χ1) is 8.79. The Morgan fingerprint density at radius 2 is 2.28 bits per heavy atom. The van der Waals surface area contributed by atoms with Crippen LogP contribution in [0.2, 0.25) is 0 Å². The summed E-state index contributed by atoms with van der Waals surface area (Å²) < 4.78 is 2.93. The predicted molar refractivity (Wildman–Crippen MR) is 75.3 cm³/mol. The molecule has 1 heterocycles. The van der Waals surface area contributed by atoms with Crippen molar-refractivity contribution in [2.45, 2.75) is 26.4 Å². The zero-order chi connectivity index (χ0) is 12.8. The largest absolute Gasteiger partial charge is 0.313 e. The molecule has 0 atom stereocenters. The third kappa shape index (κ3) is 3.65. The standard InChI is InChI=1S/C13H17BrN4/c1-2-5-15-7-11-3-4-12(13(14)6-11)8-18-10-16-9-17-18/h3-4,6,9-10,15H,2,5,7-8H2,1H3. The number of rotatable bonds is 6. The highest BCUT2D eigenvalue weighted by molar-refractivity contribution is 9.10. The third-order valence-electron chi connectivity index (χ3n) is 2.67. The number of hydrogen-bond acceptors (Lipinski definition) is 3. The van der Waals surface area contributed by atoms with E-state index in [4.69, 9.17) is 0 Å². The van der Waals surface area contributed by atoms with Crippen molar-refractivity contribution in [1.82, 2.24) is 20.1 Å². The first-order valence-electron chi connectivity index (χ1n) is 6.10. The van der Waals surface area contributed by atoms with Crippen molar-refractivity contribution in [1.29, 1.82) is 0 Å². The van der Waals surface area contributed by atoms with Gasteiger partial charge in [0.05, 0.1) is 6.54 Å². The SMILES string of the molecule is CCCNCc1ccc(Cn2cncn2)c(Br)c1. The Hall–Kier alpha value is -1.20. The van der Waals surface area contributed by atoms with Gasteiger partial charge in [-0.2, -0.15) is 5.10 Å². The molecule has 0 radical (unpaired) electrons. The van der Waals surface area contributed by atoms with Gasteiger partial charge in [0.1, 0.15) is 12.7 Å². The lowest BCUT2D eigenvalue weighted by Crippen LogP contribution is -2.13. The Morgan fingerprint density at radius 3 is 2.94 bits per heavy atom. The van der Waals surface area contributed by atoms with E-state index >= 15 is 0 Å². The molecule has 1 aromatic carbocycles. The topological polar surface area (TPSA) is 42.7 Å². The highest BCUT2D eigenvalue weighted by Crippen LogP contribution is 2.19. The molecule has 0 saturated heterocycles. The molecule has 18 heavy (non-hydrogen) atoms. The minimum Gasteiger partial charge on any atom is -0.313 e. The van der Waals surface area contributed by atoms with Crippen molar-refractivity contribution in [2.75, 3.05) is 6.54 Å². The Kier molecular flexibility index (Phi) is 4.90. The summed E-state index contributed by atoms with van der Waals surface area (Å²) in [7, 11) is 0. The first-order valence-corrected chi connectivity index (χ1v) is 6.89. The average molecular weight is 309 g/mol. The van der Waals surface area contributed by atoms with Gasteiger partial charge < -0.3 is 5.32 Å². The van der Waals surface area contributed by atoms with Crippen LogP contribution in [0.25, 0.3) is 0 Å². The van der Waals surface area contributed by atoms with Crippen LogP contribution >= 0.6 is 15.9 Å². The maximum absolute atomic E-state index is 4.11. The number of hydrogen-bond donors (Lipinski definition) is 1. The lowest BCUT2D eigenvalue weighted by Gasteiger charge is -2.08. The Balaban J connectivity index is 2.01. The van der Waals surface area contributed by atoms with E-state index in [1.54, 1.807) is 12.7 Å². The molecule has 0 fully saturated rings. The van der Waals surface area contributed by atoms with E-state index in [0.29, 0.717) is 0 Å². The molecular formula is C13H17BrN4. The molecular weight excluding hydrogens is 292 g/mol. The second kappa shape index (κ2) is 6.66. The molecule has 2 aromatic rings. The van der Waals surface area contributed by atoms with Crippen LogP contribution in [0.1, 0.15) is 24.5 Å². The summed E-state index contributed by atoms with van der Waals surface area (Å²) in [5.74, 6) is 0. The van der Waals surface area contributed by atoms with Crippen LogP contribution in [0.4, 0.5) is 0 Å². The molecule has 2 rings (SSSR count). The Bertz CT molecular complexity index is 482. The fraction of sp³-hybridized carbons (Fsp3) is 0.385. The fourth-order valence-electron chi connectivity index (χ4n) is 1.73. The number of nitrogens with one attached hydrogen (secondary N) is 1. The summed E-state index contributed by atoms with van der Waals surface area (Å²) in [6, 6.07) is 6.45. The molecule has 96 valence electrons. The maximum Gasteiger partial charge on any atom is 0.137 e. The van der Waals surface area contributed by atoms with Crippen LogP contribution in [0.3, 0.4) is 0 Å². The van der Waals surface area contributed by atoms with Gasteiger partial charge in [-0.3, -0.25) is 0 Å². The van der Waals surface area contributed by atoms with Gasteiger partial charge in [0.25, 0.3) is 0 Å². The zero-order valence-electron chi connectivity index (χ0n) is 10.4. The molecule has 0 aliphatic carbocycles. The second-order valence-electron chi connectivity index (χ2n) is 4.20. The second-order valence-corrected chi connectivity index (χ2v) is 5.05. The zero-order valence-corrected chi connectivity index (χ0v) is 12.0. The lowest BCUT2D eigenvalue weighted by atomic mass is 10.1. The van der Waals surface area contributed by atoms with Crippen LogP contribution < -0.4 is 5.32 Å². The van der Waals surface area contributed by atoms with Gasteiger partial charge >= 0.3 is 0 Å². The molecule has 0 spiro atoms. The summed E-state index contributed by atoms with van der Waals surface area (Å²) in [5.41, 5.74) is 2.50. The number of aromatic nitrogens is 3. The summed E-state index contributed by atoms with van der Waals surface area (Å²) in [4.78, 5) is 3.94. The van der Waals surface area contributed by atoms with Crippen LogP contribution in [0.5, 0.6) is 0 Å². The maximum atomic E-state index is 4.11. The van der Waals surface area contributed by atoms with Crippen molar-refractivity contribution in [2.24, 2.45) is 0 Å². The third-order valence-corrected chi connectivity index (χ3v) is 3.41. The van der Waals surface area contributed by atoms with Crippen molar-refractivity contribution in [3.8, 4) is 0 Å². The van der Waals surface area contributed by atoms with E-state index in [0.717, 1.165) is 30.5 Å². The van der Waals surface area contributed by atoms with E-state index in [1.807, 2.05) is 4.68 Å². The van der Waals surface area contributed by atoms with Gasteiger partial charge in [-0.15, -0.1) is 0 Å². The molecule has 0 aliphatic rings. The smallest absolute Gasteiger partial charge is 0.137 e. The van der Waals surface area contributed by atoms with Gasteiger partial charge in [-0.05, 0) is 30.2 Å². The number of benzene rings is 1. The van der Waals surface area contributed by atoms with Gasteiger partial charge in [0, 0.05) is 11.0 Å². The Morgan fingerprint density at radius 1 is 1.39 bits per heavy atom. The molecule has 1 N–H and O–H groups in total. The number of halogens is 1. The molecule has 0 amide bonds. The monoisotopic (exact) mass is 308 g/mol. The first kappa shape index (κ1) is 13.2. The highest BCUT2D eigenvalue weighted by atomic mass is 79.9. The van der Waals surface area contributed by atoms with Gasteiger partial charge in [0.2, 0.25) is 0 Å². The fourth-order valence-corrected chi connectivity index (χ4v) is 2.28. The van der Waals surface area contributed by atoms with E-state index < -0.39 is 0 Å².